The summed E-state index contributed by atoms with van der Waals surface area (Å²) in [5.41, 5.74) is -0.517. The molecule has 0 radical (unpaired) electrons. The van der Waals surface area contributed by atoms with Gasteiger partial charge in [0.1, 0.15) is 0 Å². The van der Waals surface area contributed by atoms with Crippen molar-refractivity contribution >= 4 is 5.97 Å². The molecule has 0 amide bonds. The van der Waals surface area contributed by atoms with Gasteiger partial charge in [-0.2, -0.15) is 0 Å². The summed E-state index contributed by atoms with van der Waals surface area (Å²) in [4.78, 5) is 11.2. The molecule has 0 atom stereocenters. The van der Waals surface area contributed by atoms with Crippen LogP contribution in [0.1, 0.15) is 73.6 Å². The summed E-state index contributed by atoms with van der Waals surface area (Å²) in [6, 6.07) is 0. The highest BCUT2D eigenvalue weighted by Gasteiger charge is 2.38. The first-order chi connectivity index (χ1) is 7.67. The SMILES string of the molecule is CCCC(CCC)C(C)(C)CC(C)(C)C(=O)O. The highest BCUT2D eigenvalue weighted by Crippen LogP contribution is 2.43. The van der Waals surface area contributed by atoms with Gasteiger partial charge in [0.05, 0.1) is 5.41 Å². The largest absolute Gasteiger partial charge is 0.481 e. The smallest absolute Gasteiger partial charge is 0.309 e. The molecule has 1 N–H and O–H groups in total. The van der Waals surface area contributed by atoms with E-state index in [0.29, 0.717) is 5.92 Å². The van der Waals surface area contributed by atoms with Crippen LogP contribution in [0.25, 0.3) is 0 Å². The Bertz CT molecular complexity index is 235. The first kappa shape index (κ1) is 16.5. The molecule has 2 heteroatoms. The number of carboxylic acids is 1. The monoisotopic (exact) mass is 242 g/mol. The van der Waals surface area contributed by atoms with E-state index >= 15 is 0 Å². The van der Waals surface area contributed by atoms with Crippen molar-refractivity contribution in [1.29, 1.82) is 0 Å². The lowest BCUT2D eigenvalue weighted by Crippen LogP contribution is -2.34. The summed E-state index contributed by atoms with van der Waals surface area (Å²) < 4.78 is 0. The number of aliphatic carboxylic acids is 1. The Morgan fingerprint density at radius 2 is 1.47 bits per heavy atom. The molecule has 0 aliphatic carbocycles. The third-order valence-corrected chi connectivity index (χ3v) is 3.86. The standard InChI is InChI=1S/C15H30O2/c1-7-9-12(10-8-2)14(3,4)11-15(5,6)13(16)17/h12H,7-11H2,1-6H3,(H,16,17). The van der Waals surface area contributed by atoms with Crippen LogP contribution in [0.2, 0.25) is 0 Å². The molecule has 102 valence electrons. The maximum Gasteiger partial charge on any atom is 0.309 e. The number of carboxylic acid groups (broad SMARTS) is 1. The van der Waals surface area contributed by atoms with E-state index < -0.39 is 11.4 Å². The molecule has 0 rings (SSSR count). The molecule has 0 heterocycles. The molecule has 0 aliphatic rings. The summed E-state index contributed by atoms with van der Waals surface area (Å²) in [5, 5.41) is 9.25. The van der Waals surface area contributed by atoms with Gasteiger partial charge in [0.15, 0.2) is 0 Å². The zero-order chi connectivity index (χ0) is 13.7. The van der Waals surface area contributed by atoms with Crippen molar-refractivity contribution in [3.05, 3.63) is 0 Å². The molecule has 0 fully saturated rings. The fraction of sp³-hybridized carbons (Fsp3) is 0.933. The second kappa shape index (κ2) is 6.42. The lowest BCUT2D eigenvalue weighted by molar-refractivity contribution is -0.149. The highest BCUT2D eigenvalue weighted by molar-refractivity contribution is 5.73. The van der Waals surface area contributed by atoms with E-state index in [-0.39, 0.29) is 5.41 Å². The molecule has 0 bridgehead atoms. The van der Waals surface area contributed by atoms with Gasteiger partial charge in [-0.3, -0.25) is 4.79 Å². The molecule has 0 unspecified atom stereocenters. The molecular weight excluding hydrogens is 212 g/mol. The molecule has 0 saturated carbocycles. The van der Waals surface area contributed by atoms with Gasteiger partial charge in [0, 0.05) is 0 Å². The molecule has 0 aliphatic heterocycles. The molecule has 17 heavy (non-hydrogen) atoms. The fourth-order valence-electron chi connectivity index (χ4n) is 2.98. The average molecular weight is 242 g/mol. The highest BCUT2D eigenvalue weighted by atomic mass is 16.4. The van der Waals surface area contributed by atoms with Gasteiger partial charge in [-0.25, -0.2) is 0 Å². The predicted octanol–water partition coefficient (Wildman–Crippen LogP) is 4.73. The van der Waals surface area contributed by atoms with Crippen molar-refractivity contribution < 1.29 is 9.90 Å². The van der Waals surface area contributed by atoms with E-state index in [4.69, 9.17) is 0 Å². The van der Waals surface area contributed by atoms with Crippen molar-refractivity contribution in [3.63, 3.8) is 0 Å². The van der Waals surface area contributed by atoms with Crippen LogP contribution in [-0.2, 0) is 4.79 Å². The van der Waals surface area contributed by atoms with Crippen molar-refractivity contribution in [1.82, 2.24) is 0 Å². The topological polar surface area (TPSA) is 37.3 Å². The summed E-state index contributed by atoms with van der Waals surface area (Å²) in [6.07, 6.45) is 5.52. The van der Waals surface area contributed by atoms with E-state index in [1.807, 2.05) is 13.8 Å². The first-order valence-corrected chi connectivity index (χ1v) is 6.90. The van der Waals surface area contributed by atoms with Crippen LogP contribution in [-0.4, -0.2) is 11.1 Å². The van der Waals surface area contributed by atoms with E-state index in [1.54, 1.807) is 0 Å². The Hall–Kier alpha value is -0.530. The lowest BCUT2D eigenvalue weighted by atomic mass is 9.66. The predicted molar refractivity (Wildman–Crippen MR) is 73.1 cm³/mol. The van der Waals surface area contributed by atoms with Gasteiger partial charge in [-0.05, 0) is 31.6 Å². The van der Waals surface area contributed by atoms with Crippen molar-refractivity contribution in [2.45, 2.75) is 73.6 Å². The maximum absolute atomic E-state index is 11.2. The Kier molecular flexibility index (Phi) is 6.22. The lowest BCUT2D eigenvalue weighted by Gasteiger charge is -2.39. The Morgan fingerprint density at radius 3 is 1.76 bits per heavy atom. The quantitative estimate of drug-likeness (QED) is 0.668. The van der Waals surface area contributed by atoms with Gasteiger partial charge in [0.25, 0.3) is 0 Å². The molecule has 0 aromatic heterocycles. The van der Waals surface area contributed by atoms with E-state index in [2.05, 4.69) is 27.7 Å². The molecule has 0 aromatic carbocycles. The minimum Gasteiger partial charge on any atom is -0.481 e. The third kappa shape index (κ3) is 5.10. The van der Waals surface area contributed by atoms with Crippen LogP contribution >= 0.6 is 0 Å². The van der Waals surface area contributed by atoms with E-state index in [9.17, 15) is 9.90 Å². The van der Waals surface area contributed by atoms with Gasteiger partial charge < -0.3 is 5.11 Å². The van der Waals surface area contributed by atoms with Crippen LogP contribution < -0.4 is 0 Å². The average Bonchev–Trinajstić information content (AvgIpc) is 2.15. The van der Waals surface area contributed by atoms with Gasteiger partial charge in [0.2, 0.25) is 0 Å². The summed E-state index contributed by atoms with van der Waals surface area (Å²) in [6.45, 7) is 12.6. The zero-order valence-corrected chi connectivity index (χ0v) is 12.5. The van der Waals surface area contributed by atoms with Crippen molar-refractivity contribution in [2.24, 2.45) is 16.7 Å². The Balaban J connectivity index is 4.77. The van der Waals surface area contributed by atoms with Crippen LogP contribution in [0.4, 0.5) is 0 Å². The summed E-state index contributed by atoms with van der Waals surface area (Å²) in [7, 11) is 0. The normalized spacial score (nSPS) is 13.1. The number of hydrogen-bond acceptors (Lipinski definition) is 1. The van der Waals surface area contributed by atoms with Crippen LogP contribution in [0.5, 0.6) is 0 Å². The molecule has 0 spiro atoms. The number of rotatable bonds is 8. The van der Waals surface area contributed by atoms with Gasteiger partial charge in [-0.1, -0.05) is 53.4 Å². The van der Waals surface area contributed by atoms with Crippen LogP contribution in [0.3, 0.4) is 0 Å². The summed E-state index contributed by atoms with van der Waals surface area (Å²) >= 11 is 0. The first-order valence-electron chi connectivity index (χ1n) is 6.90. The second-order valence-corrected chi connectivity index (χ2v) is 6.63. The molecule has 2 nitrogen and oxygen atoms in total. The fourth-order valence-corrected chi connectivity index (χ4v) is 2.98. The molecule has 0 saturated heterocycles. The summed E-state index contributed by atoms with van der Waals surface area (Å²) in [5.74, 6) is -0.0477. The Morgan fingerprint density at radius 1 is 1.06 bits per heavy atom. The minimum absolute atomic E-state index is 0.105. The maximum atomic E-state index is 11.2. The van der Waals surface area contributed by atoms with Crippen LogP contribution in [0.15, 0.2) is 0 Å². The molecule has 0 aromatic rings. The van der Waals surface area contributed by atoms with Crippen LogP contribution in [0, 0.1) is 16.7 Å². The second-order valence-electron chi connectivity index (χ2n) is 6.63. The van der Waals surface area contributed by atoms with Crippen molar-refractivity contribution in [3.8, 4) is 0 Å². The number of hydrogen-bond donors (Lipinski definition) is 1. The molecular formula is C15H30O2. The number of carbonyl (C=O) groups is 1. The van der Waals surface area contributed by atoms with Gasteiger partial charge >= 0.3 is 5.97 Å². The van der Waals surface area contributed by atoms with E-state index in [1.165, 1.54) is 25.7 Å². The van der Waals surface area contributed by atoms with Crippen molar-refractivity contribution in [2.75, 3.05) is 0 Å². The third-order valence-electron chi connectivity index (χ3n) is 3.86. The minimum atomic E-state index is -0.683. The van der Waals surface area contributed by atoms with E-state index in [0.717, 1.165) is 6.42 Å². The zero-order valence-electron chi connectivity index (χ0n) is 12.5. The van der Waals surface area contributed by atoms with Gasteiger partial charge in [-0.15, -0.1) is 0 Å². The Labute approximate surface area is 107 Å².